The van der Waals surface area contributed by atoms with Crippen LogP contribution < -0.4 is 10.9 Å². The van der Waals surface area contributed by atoms with E-state index in [2.05, 4.69) is 10.3 Å². The molecule has 1 atom stereocenters. The van der Waals surface area contributed by atoms with Crippen molar-refractivity contribution in [2.75, 3.05) is 13.6 Å². The molecule has 1 aliphatic rings. The summed E-state index contributed by atoms with van der Waals surface area (Å²) in [5, 5.41) is 12.7. The van der Waals surface area contributed by atoms with E-state index < -0.39 is 17.2 Å². The maximum atomic E-state index is 12.9. The Bertz CT molecular complexity index is 863. The third-order valence-electron chi connectivity index (χ3n) is 4.47. The first kappa shape index (κ1) is 17.1. The molecule has 1 unspecified atom stereocenters. The number of halogens is 1. The number of aromatic nitrogens is 2. The molecular weight excluding hydrogens is 327 g/mol. The number of hydrogen-bond donors (Lipinski definition) is 2. The molecule has 0 bridgehead atoms. The molecule has 7 nitrogen and oxygen atoms in total. The fraction of sp³-hybridized carbons (Fsp3) is 0.353. The van der Waals surface area contributed by atoms with Crippen LogP contribution in [-0.4, -0.2) is 39.1 Å². The van der Waals surface area contributed by atoms with Crippen molar-refractivity contribution in [3.8, 4) is 5.75 Å². The minimum Gasteiger partial charge on any atom is -0.501 e. The highest BCUT2D eigenvalue weighted by Gasteiger charge is 2.28. The average Bonchev–Trinajstić information content (AvgIpc) is 2.60. The number of hydrogen-bond acceptors (Lipinski definition) is 5. The minimum absolute atomic E-state index is 0.133. The first-order valence-corrected chi connectivity index (χ1v) is 7.95. The van der Waals surface area contributed by atoms with Crippen LogP contribution >= 0.6 is 0 Å². The molecule has 2 N–H and O–H groups in total. The highest BCUT2D eigenvalue weighted by atomic mass is 19.1. The maximum absolute atomic E-state index is 12.9. The lowest BCUT2D eigenvalue weighted by Gasteiger charge is -2.32. The van der Waals surface area contributed by atoms with E-state index in [1.165, 1.54) is 16.7 Å². The van der Waals surface area contributed by atoms with Gasteiger partial charge in [0.25, 0.3) is 11.5 Å². The third kappa shape index (κ3) is 3.25. The van der Waals surface area contributed by atoms with Gasteiger partial charge in [0.1, 0.15) is 11.6 Å². The molecule has 0 spiro atoms. The van der Waals surface area contributed by atoms with Crippen LogP contribution in [-0.2, 0) is 13.1 Å². The SMILES string of the molecule is CC1c2nc(C(=O)NCc3ccc(F)cc3)c(O)c(=O)n2CCN1C. The van der Waals surface area contributed by atoms with Crippen molar-refractivity contribution in [2.45, 2.75) is 26.1 Å². The first-order valence-electron chi connectivity index (χ1n) is 7.95. The summed E-state index contributed by atoms with van der Waals surface area (Å²) in [6, 6.07) is 5.52. The van der Waals surface area contributed by atoms with Crippen molar-refractivity contribution in [1.29, 1.82) is 0 Å². The van der Waals surface area contributed by atoms with Crippen LogP contribution in [0.25, 0.3) is 0 Å². The summed E-state index contributed by atoms with van der Waals surface area (Å²) >= 11 is 0. The first-order chi connectivity index (χ1) is 11.9. The minimum atomic E-state index is -0.655. The second kappa shape index (κ2) is 6.64. The average molecular weight is 346 g/mol. The molecule has 1 aromatic heterocycles. The Morgan fingerprint density at radius 1 is 1.36 bits per heavy atom. The Kier molecular flexibility index (Phi) is 4.54. The van der Waals surface area contributed by atoms with Gasteiger partial charge in [-0.15, -0.1) is 0 Å². The van der Waals surface area contributed by atoms with Gasteiger partial charge in [-0.1, -0.05) is 12.1 Å². The number of nitrogens with zero attached hydrogens (tertiary/aromatic N) is 3. The molecule has 0 radical (unpaired) electrons. The monoisotopic (exact) mass is 346 g/mol. The highest BCUT2D eigenvalue weighted by Crippen LogP contribution is 2.22. The van der Waals surface area contributed by atoms with Crippen LogP contribution in [0.2, 0.25) is 0 Å². The fourth-order valence-electron chi connectivity index (χ4n) is 2.77. The molecule has 0 aliphatic carbocycles. The Morgan fingerprint density at radius 3 is 2.72 bits per heavy atom. The number of carbonyl (C=O) groups is 1. The van der Waals surface area contributed by atoms with Gasteiger partial charge in [0.05, 0.1) is 6.04 Å². The van der Waals surface area contributed by atoms with Gasteiger partial charge in [0.2, 0.25) is 5.75 Å². The van der Waals surface area contributed by atoms with Gasteiger partial charge < -0.3 is 10.4 Å². The zero-order valence-electron chi connectivity index (χ0n) is 14.0. The summed E-state index contributed by atoms with van der Waals surface area (Å²) < 4.78 is 14.3. The maximum Gasteiger partial charge on any atom is 0.296 e. The smallest absolute Gasteiger partial charge is 0.296 e. The van der Waals surface area contributed by atoms with Crippen LogP contribution in [0.4, 0.5) is 4.39 Å². The number of nitrogens with one attached hydrogen (secondary N) is 1. The lowest BCUT2D eigenvalue weighted by Crippen LogP contribution is -2.41. The van der Waals surface area contributed by atoms with Crippen LogP contribution in [0.3, 0.4) is 0 Å². The van der Waals surface area contributed by atoms with Crippen molar-refractivity contribution >= 4 is 5.91 Å². The molecule has 1 aromatic carbocycles. The topological polar surface area (TPSA) is 87.5 Å². The van der Waals surface area contributed by atoms with Crippen molar-refractivity contribution < 1.29 is 14.3 Å². The summed E-state index contributed by atoms with van der Waals surface area (Å²) in [7, 11) is 1.90. The Morgan fingerprint density at radius 2 is 2.04 bits per heavy atom. The zero-order valence-corrected chi connectivity index (χ0v) is 14.0. The summed E-state index contributed by atoms with van der Waals surface area (Å²) in [5.74, 6) is -1.22. The Hall–Kier alpha value is -2.74. The predicted octanol–water partition coefficient (Wildman–Crippen LogP) is 1.02. The Labute approximate surface area is 143 Å². The van der Waals surface area contributed by atoms with Gasteiger partial charge in [-0.25, -0.2) is 9.37 Å². The Balaban J connectivity index is 1.86. The summed E-state index contributed by atoms with van der Waals surface area (Å²) in [6.07, 6.45) is 0. The van der Waals surface area contributed by atoms with E-state index >= 15 is 0 Å². The molecule has 2 heterocycles. The lowest BCUT2D eigenvalue weighted by molar-refractivity contribution is 0.0939. The third-order valence-corrected chi connectivity index (χ3v) is 4.47. The van der Waals surface area contributed by atoms with E-state index in [1.54, 1.807) is 12.1 Å². The zero-order chi connectivity index (χ0) is 18.1. The number of carbonyl (C=O) groups excluding carboxylic acids is 1. The van der Waals surface area contributed by atoms with Crippen molar-refractivity contribution in [3.63, 3.8) is 0 Å². The van der Waals surface area contributed by atoms with Crippen molar-refractivity contribution in [3.05, 3.63) is 57.5 Å². The number of aromatic hydroxyl groups is 1. The molecule has 3 rings (SSSR count). The lowest BCUT2D eigenvalue weighted by atomic mass is 10.2. The number of benzene rings is 1. The number of rotatable bonds is 3. The molecule has 0 fully saturated rings. The molecule has 8 heteroatoms. The standard InChI is InChI=1S/C17H19FN4O3/c1-10-15-20-13(14(23)17(25)22(15)8-7-21(10)2)16(24)19-9-11-3-5-12(18)6-4-11/h3-6,10,23H,7-9H2,1-2H3,(H,19,24). The summed E-state index contributed by atoms with van der Waals surface area (Å²) in [4.78, 5) is 30.9. The second-order valence-electron chi connectivity index (χ2n) is 6.09. The van der Waals surface area contributed by atoms with E-state index in [4.69, 9.17) is 0 Å². The van der Waals surface area contributed by atoms with Gasteiger partial charge in [0.15, 0.2) is 5.69 Å². The molecule has 1 aliphatic heterocycles. The van der Waals surface area contributed by atoms with E-state index in [0.29, 0.717) is 24.5 Å². The van der Waals surface area contributed by atoms with Gasteiger partial charge in [0, 0.05) is 19.6 Å². The van der Waals surface area contributed by atoms with Crippen LogP contribution in [0.5, 0.6) is 5.75 Å². The largest absolute Gasteiger partial charge is 0.501 e. The molecule has 2 aromatic rings. The van der Waals surface area contributed by atoms with E-state index in [1.807, 2.05) is 18.9 Å². The number of amides is 1. The van der Waals surface area contributed by atoms with Crippen LogP contribution in [0.15, 0.2) is 29.1 Å². The van der Waals surface area contributed by atoms with E-state index in [9.17, 15) is 19.1 Å². The van der Waals surface area contributed by atoms with E-state index in [0.717, 1.165) is 0 Å². The van der Waals surface area contributed by atoms with Gasteiger partial charge in [-0.3, -0.25) is 19.1 Å². The second-order valence-corrected chi connectivity index (χ2v) is 6.09. The van der Waals surface area contributed by atoms with Crippen molar-refractivity contribution in [2.24, 2.45) is 0 Å². The molecular formula is C17H19FN4O3. The summed E-state index contributed by atoms with van der Waals surface area (Å²) in [5.41, 5.74) is -0.214. The predicted molar refractivity (Wildman–Crippen MR) is 88.8 cm³/mol. The van der Waals surface area contributed by atoms with E-state index in [-0.39, 0.29) is 24.1 Å². The van der Waals surface area contributed by atoms with Crippen LogP contribution in [0.1, 0.15) is 34.8 Å². The van der Waals surface area contributed by atoms with Crippen LogP contribution in [0, 0.1) is 5.82 Å². The van der Waals surface area contributed by atoms with Gasteiger partial charge in [-0.05, 0) is 31.7 Å². The van der Waals surface area contributed by atoms with Gasteiger partial charge in [-0.2, -0.15) is 0 Å². The highest BCUT2D eigenvalue weighted by molar-refractivity contribution is 5.94. The molecule has 25 heavy (non-hydrogen) atoms. The molecule has 1 amide bonds. The fourth-order valence-corrected chi connectivity index (χ4v) is 2.77. The molecule has 132 valence electrons. The number of fused-ring (bicyclic) bond motifs is 1. The normalized spacial score (nSPS) is 17.2. The summed E-state index contributed by atoms with van der Waals surface area (Å²) in [6.45, 7) is 3.08. The van der Waals surface area contributed by atoms with Crippen molar-refractivity contribution in [1.82, 2.24) is 19.8 Å². The van der Waals surface area contributed by atoms with Gasteiger partial charge >= 0.3 is 0 Å². The number of likely N-dealkylation sites (N-methyl/N-ethyl adjacent to an activating group) is 1. The molecule has 0 saturated carbocycles. The quantitative estimate of drug-likeness (QED) is 0.867. The molecule has 0 saturated heterocycles.